The zero-order valence-corrected chi connectivity index (χ0v) is 10.9. The van der Waals surface area contributed by atoms with Crippen molar-refractivity contribution in [1.82, 2.24) is 5.32 Å². The molecule has 4 heteroatoms. The number of amides is 1. The Hall–Kier alpha value is -1.55. The Morgan fingerprint density at radius 3 is 2.59 bits per heavy atom. The lowest BCUT2D eigenvalue weighted by atomic mass is 10.2. The molecule has 2 heterocycles. The van der Waals surface area contributed by atoms with Crippen LogP contribution in [-0.4, -0.2) is 5.91 Å². The monoisotopic (exact) mass is 249 g/mol. The molecule has 0 saturated heterocycles. The molecule has 1 N–H and O–H groups in total. The average Bonchev–Trinajstić information content (AvgIpc) is 2.87. The van der Waals surface area contributed by atoms with E-state index in [4.69, 9.17) is 4.42 Å². The van der Waals surface area contributed by atoms with Crippen LogP contribution >= 0.6 is 11.3 Å². The molecule has 0 aliphatic rings. The highest BCUT2D eigenvalue weighted by Crippen LogP contribution is 2.19. The Morgan fingerprint density at radius 1 is 1.29 bits per heavy atom. The summed E-state index contributed by atoms with van der Waals surface area (Å²) in [6.07, 6.45) is 0. The number of furan rings is 1. The van der Waals surface area contributed by atoms with Crippen LogP contribution in [0.15, 0.2) is 28.7 Å². The zero-order chi connectivity index (χ0) is 12.4. The van der Waals surface area contributed by atoms with Crippen LogP contribution in [0.2, 0.25) is 0 Å². The van der Waals surface area contributed by atoms with E-state index in [2.05, 4.69) is 5.32 Å². The Labute approximate surface area is 104 Å². The van der Waals surface area contributed by atoms with Crippen molar-refractivity contribution in [3.8, 4) is 0 Å². The van der Waals surface area contributed by atoms with E-state index in [9.17, 15) is 4.79 Å². The first kappa shape index (κ1) is 11.9. The number of hydrogen-bond acceptors (Lipinski definition) is 3. The van der Waals surface area contributed by atoms with Gasteiger partial charge >= 0.3 is 0 Å². The topological polar surface area (TPSA) is 42.2 Å². The molecule has 0 aliphatic heterocycles. The molecule has 0 bridgehead atoms. The molecule has 0 radical (unpaired) electrons. The molecule has 90 valence electrons. The highest BCUT2D eigenvalue weighted by Gasteiger charge is 2.14. The van der Waals surface area contributed by atoms with E-state index in [0.717, 1.165) is 21.3 Å². The number of nitrogens with one attached hydrogen (secondary N) is 1. The van der Waals surface area contributed by atoms with E-state index < -0.39 is 0 Å². The van der Waals surface area contributed by atoms with Gasteiger partial charge in [-0.1, -0.05) is 0 Å². The summed E-state index contributed by atoms with van der Waals surface area (Å²) in [5.74, 6) is 1.59. The number of rotatable bonds is 3. The fourth-order valence-electron chi connectivity index (χ4n) is 1.58. The van der Waals surface area contributed by atoms with Crippen molar-refractivity contribution < 1.29 is 9.21 Å². The highest BCUT2D eigenvalue weighted by atomic mass is 32.1. The van der Waals surface area contributed by atoms with Gasteiger partial charge in [-0.3, -0.25) is 4.79 Å². The molecule has 3 nitrogen and oxygen atoms in total. The average molecular weight is 249 g/mol. The third-order valence-electron chi connectivity index (χ3n) is 2.50. The molecule has 0 aliphatic carbocycles. The second-order valence-electron chi connectivity index (χ2n) is 4.05. The predicted octanol–water partition coefficient (Wildman–Crippen LogP) is 3.45. The summed E-state index contributed by atoms with van der Waals surface area (Å²) in [6.45, 7) is 5.79. The second kappa shape index (κ2) is 4.75. The van der Waals surface area contributed by atoms with Gasteiger partial charge < -0.3 is 9.73 Å². The van der Waals surface area contributed by atoms with Crippen LogP contribution in [0.25, 0.3) is 0 Å². The standard InChI is InChI=1S/C13H15NO2S/c1-8-4-6-11(16-8)10(3)14-13(15)12-7-5-9(2)17-12/h4-7,10H,1-3H3,(H,14,15). The first-order valence-corrected chi connectivity index (χ1v) is 6.31. The van der Waals surface area contributed by atoms with Gasteiger partial charge in [0, 0.05) is 4.88 Å². The second-order valence-corrected chi connectivity index (χ2v) is 5.34. The van der Waals surface area contributed by atoms with Gasteiger partial charge in [0.15, 0.2) is 0 Å². The minimum absolute atomic E-state index is 0.0512. The molecule has 1 unspecified atom stereocenters. The Balaban J connectivity index is 2.04. The SMILES string of the molecule is Cc1ccc(C(C)NC(=O)c2ccc(C)s2)o1. The first-order valence-electron chi connectivity index (χ1n) is 5.50. The number of thiophene rings is 1. The largest absolute Gasteiger partial charge is 0.464 e. The van der Waals surface area contributed by atoms with Crippen molar-refractivity contribution in [2.75, 3.05) is 0 Å². The van der Waals surface area contributed by atoms with Crippen LogP contribution in [0.1, 0.15) is 39.0 Å². The maximum atomic E-state index is 11.9. The van der Waals surface area contributed by atoms with Gasteiger partial charge in [0.05, 0.1) is 10.9 Å². The third kappa shape index (κ3) is 2.77. The van der Waals surface area contributed by atoms with E-state index in [1.165, 1.54) is 11.3 Å². The van der Waals surface area contributed by atoms with Gasteiger partial charge in [0.25, 0.3) is 5.91 Å². The summed E-state index contributed by atoms with van der Waals surface area (Å²) in [5, 5.41) is 2.92. The van der Waals surface area contributed by atoms with Crippen LogP contribution < -0.4 is 5.32 Å². The van der Waals surface area contributed by atoms with E-state index in [0.29, 0.717) is 0 Å². The van der Waals surface area contributed by atoms with Crippen molar-refractivity contribution in [3.63, 3.8) is 0 Å². The molecular formula is C13H15NO2S. The minimum Gasteiger partial charge on any atom is -0.464 e. The van der Waals surface area contributed by atoms with Crippen LogP contribution in [-0.2, 0) is 0 Å². The molecular weight excluding hydrogens is 234 g/mol. The summed E-state index contributed by atoms with van der Waals surface area (Å²) >= 11 is 1.50. The van der Waals surface area contributed by atoms with Crippen LogP contribution in [0.3, 0.4) is 0 Å². The Kier molecular flexibility index (Phi) is 3.33. The van der Waals surface area contributed by atoms with Gasteiger partial charge in [-0.05, 0) is 45.0 Å². The lowest BCUT2D eigenvalue weighted by Crippen LogP contribution is -2.25. The Morgan fingerprint density at radius 2 is 2.06 bits per heavy atom. The number of hydrogen-bond donors (Lipinski definition) is 1. The summed E-state index contributed by atoms with van der Waals surface area (Å²) < 4.78 is 5.48. The number of aryl methyl sites for hydroxylation is 2. The molecule has 0 aromatic carbocycles. The molecule has 1 atom stereocenters. The van der Waals surface area contributed by atoms with Crippen LogP contribution in [0, 0.1) is 13.8 Å². The fourth-order valence-corrected chi connectivity index (χ4v) is 2.35. The van der Waals surface area contributed by atoms with Gasteiger partial charge in [-0.15, -0.1) is 11.3 Å². The highest BCUT2D eigenvalue weighted by molar-refractivity contribution is 7.13. The maximum Gasteiger partial charge on any atom is 0.261 e. The fraction of sp³-hybridized carbons (Fsp3) is 0.308. The third-order valence-corrected chi connectivity index (χ3v) is 3.50. The molecule has 2 aromatic heterocycles. The molecule has 2 rings (SSSR count). The summed E-state index contributed by atoms with van der Waals surface area (Å²) in [7, 11) is 0. The lowest BCUT2D eigenvalue weighted by molar-refractivity contribution is 0.0939. The van der Waals surface area contributed by atoms with E-state index in [-0.39, 0.29) is 11.9 Å². The smallest absolute Gasteiger partial charge is 0.261 e. The first-order chi connectivity index (χ1) is 8.06. The van der Waals surface area contributed by atoms with Crippen LogP contribution in [0.4, 0.5) is 0 Å². The number of carbonyl (C=O) groups is 1. The summed E-state index contributed by atoms with van der Waals surface area (Å²) in [5.41, 5.74) is 0. The molecule has 1 amide bonds. The Bertz CT molecular complexity index is 527. The normalized spacial score (nSPS) is 12.4. The van der Waals surface area contributed by atoms with Crippen molar-refractivity contribution in [2.24, 2.45) is 0 Å². The molecule has 2 aromatic rings. The van der Waals surface area contributed by atoms with E-state index in [1.54, 1.807) is 0 Å². The molecule has 0 fully saturated rings. The quantitative estimate of drug-likeness (QED) is 0.905. The van der Waals surface area contributed by atoms with E-state index >= 15 is 0 Å². The van der Waals surface area contributed by atoms with Crippen molar-refractivity contribution in [1.29, 1.82) is 0 Å². The van der Waals surface area contributed by atoms with Crippen molar-refractivity contribution in [2.45, 2.75) is 26.8 Å². The van der Waals surface area contributed by atoms with Gasteiger partial charge in [-0.2, -0.15) is 0 Å². The predicted molar refractivity (Wildman–Crippen MR) is 68.4 cm³/mol. The van der Waals surface area contributed by atoms with Gasteiger partial charge in [0.1, 0.15) is 11.5 Å². The minimum atomic E-state index is -0.112. The van der Waals surface area contributed by atoms with Crippen molar-refractivity contribution >= 4 is 17.2 Å². The van der Waals surface area contributed by atoms with E-state index in [1.807, 2.05) is 45.0 Å². The maximum absolute atomic E-state index is 11.9. The van der Waals surface area contributed by atoms with Gasteiger partial charge in [0.2, 0.25) is 0 Å². The molecule has 17 heavy (non-hydrogen) atoms. The number of carbonyl (C=O) groups excluding carboxylic acids is 1. The van der Waals surface area contributed by atoms with Crippen LogP contribution in [0.5, 0.6) is 0 Å². The molecule has 0 spiro atoms. The zero-order valence-electron chi connectivity index (χ0n) is 10.1. The molecule has 0 saturated carbocycles. The van der Waals surface area contributed by atoms with Crippen molar-refractivity contribution in [3.05, 3.63) is 45.5 Å². The van der Waals surface area contributed by atoms with Gasteiger partial charge in [-0.25, -0.2) is 0 Å². The summed E-state index contributed by atoms with van der Waals surface area (Å²) in [6, 6.07) is 7.46. The lowest BCUT2D eigenvalue weighted by Gasteiger charge is -2.10. The summed E-state index contributed by atoms with van der Waals surface area (Å²) in [4.78, 5) is 13.8.